The fraction of sp³-hybridized carbons (Fsp3) is 0.550. The lowest BCUT2D eigenvalue weighted by atomic mass is 10.0. The van der Waals surface area contributed by atoms with Gasteiger partial charge in [0.25, 0.3) is 5.91 Å². The first-order valence-corrected chi connectivity index (χ1v) is 11.1. The molecule has 0 saturated carbocycles. The van der Waals surface area contributed by atoms with E-state index in [0.717, 1.165) is 5.56 Å². The molecule has 0 bridgehead atoms. The van der Waals surface area contributed by atoms with Crippen LogP contribution in [0, 0.1) is 0 Å². The Bertz CT molecular complexity index is 559. The number of benzene rings is 1. The molecule has 3 nitrogen and oxygen atoms in total. The van der Waals surface area contributed by atoms with Crippen LogP contribution in [0.1, 0.15) is 47.1 Å². The van der Waals surface area contributed by atoms with E-state index in [1.165, 1.54) is 0 Å². The third-order valence-electron chi connectivity index (χ3n) is 5.23. The summed E-state index contributed by atoms with van der Waals surface area (Å²) in [6.07, 6.45) is 3.77. The molecule has 132 valence electrons. The second-order valence-corrected chi connectivity index (χ2v) is 13.1. The summed E-state index contributed by atoms with van der Waals surface area (Å²) in [7, 11) is -2.05. The smallest absolute Gasteiger partial charge is 0.250 e. The van der Waals surface area contributed by atoms with E-state index in [0.29, 0.717) is 16.6 Å². The van der Waals surface area contributed by atoms with Gasteiger partial charge in [-0.1, -0.05) is 84.0 Å². The molecule has 0 radical (unpaired) electrons. The average molecular weight is 346 g/mol. The largest absolute Gasteiger partial charge is 0.402 e. The SMILES string of the molecule is CC(C)[Si](O[C@@H]1C(=O)NC1C=Cc1ccccc1)(C(C)C)C(C)C. The Labute approximate surface area is 147 Å². The molecule has 0 aliphatic carbocycles. The molecule has 0 aromatic heterocycles. The van der Waals surface area contributed by atoms with Crippen LogP contribution in [0.3, 0.4) is 0 Å². The van der Waals surface area contributed by atoms with Crippen LogP contribution in [-0.2, 0) is 9.22 Å². The molecule has 1 N–H and O–H groups in total. The zero-order chi connectivity index (χ0) is 17.9. The lowest BCUT2D eigenvalue weighted by Crippen LogP contribution is -2.67. The summed E-state index contributed by atoms with van der Waals surface area (Å²) in [5.74, 6) is 0.0246. The van der Waals surface area contributed by atoms with Crippen molar-refractivity contribution in [1.29, 1.82) is 0 Å². The van der Waals surface area contributed by atoms with Gasteiger partial charge in [0.1, 0.15) is 6.10 Å². The van der Waals surface area contributed by atoms with Crippen LogP contribution in [0.15, 0.2) is 36.4 Å². The Morgan fingerprint density at radius 1 is 1.00 bits per heavy atom. The summed E-state index contributed by atoms with van der Waals surface area (Å²) in [6.45, 7) is 13.5. The van der Waals surface area contributed by atoms with E-state index < -0.39 is 8.32 Å². The highest BCUT2D eigenvalue weighted by Crippen LogP contribution is 2.44. The maximum Gasteiger partial charge on any atom is 0.250 e. The lowest BCUT2D eigenvalue weighted by Gasteiger charge is -2.48. The van der Waals surface area contributed by atoms with Gasteiger partial charge in [0, 0.05) is 0 Å². The number of nitrogens with one attached hydrogen (secondary N) is 1. The Morgan fingerprint density at radius 2 is 1.54 bits per heavy atom. The quantitative estimate of drug-likeness (QED) is 0.571. The van der Waals surface area contributed by atoms with Crippen LogP contribution in [0.25, 0.3) is 6.08 Å². The molecule has 1 unspecified atom stereocenters. The molecule has 2 rings (SSSR count). The Kier molecular flexibility index (Phi) is 6.05. The Balaban J connectivity index is 2.16. The Hall–Kier alpha value is -1.39. The Morgan fingerprint density at radius 3 is 2.00 bits per heavy atom. The molecule has 1 amide bonds. The normalized spacial score (nSPS) is 21.6. The predicted molar refractivity (Wildman–Crippen MR) is 103 cm³/mol. The third kappa shape index (κ3) is 3.65. The van der Waals surface area contributed by atoms with E-state index in [9.17, 15) is 4.79 Å². The summed E-state index contributed by atoms with van der Waals surface area (Å²) < 4.78 is 6.65. The maximum atomic E-state index is 12.2. The first kappa shape index (κ1) is 18.9. The molecule has 4 heteroatoms. The number of carbonyl (C=O) groups is 1. The fourth-order valence-electron chi connectivity index (χ4n) is 4.07. The number of rotatable bonds is 7. The van der Waals surface area contributed by atoms with Crippen molar-refractivity contribution in [3.8, 4) is 0 Å². The van der Waals surface area contributed by atoms with Gasteiger partial charge < -0.3 is 9.74 Å². The van der Waals surface area contributed by atoms with Gasteiger partial charge in [0.05, 0.1) is 6.04 Å². The maximum absolute atomic E-state index is 12.2. The molecule has 1 aromatic carbocycles. The summed E-state index contributed by atoms with van der Waals surface area (Å²) in [5.41, 5.74) is 2.57. The molecular weight excluding hydrogens is 314 g/mol. The second kappa shape index (κ2) is 7.66. The van der Waals surface area contributed by atoms with Gasteiger partial charge >= 0.3 is 0 Å². The number of β-lactam (4-membered cyclic amide) rings is 1. The molecule has 24 heavy (non-hydrogen) atoms. The fourth-order valence-corrected chi connectivity index (χ4v) is 9.58. The van der Waals surface area contributed by atoms with Gasteiger partial charge in [-0.15, -0.1) is 0 Å². The van der Waals surface area contributed by atoms with Crippen molar-refractivity contribution < 1.29 is 9.22 Å². The highest BCUT2D eigenvalue weighted by molar-refractivity contribution is 6.77. The molecule has 1 fully saturated rings. The minimum atomic E-state index is -2.05. The minimum Gasteiger partial charge on any atom is -0.402 e. The molecule has 1 aliphatic rings. The van der Waals surface area contributed by atoms with Gasteiger partial charge in [0.15, 0.2) is 0 Å². The highest BCUT2D eigenvalue weighted by Gasteiger charge is 2.51. The molecule has 1 aromatic rings. The van der Waals surface area contributed by atoms with Crippen molar-refractivity contribution in [2.75, 3.05) is 0 Å². The van der Waals surface area contributed by atoms with Gasteiger partial charge in [-0.3, -0.25) is 4.79 Å². The minimum absolute atomic E-state index is 0.0246. The van der Waals surface area contributed by atoms with Crippen LogP contribution in [0.5, 0.6) is 0 Å². The van der Waals surface area contributed by atoms with Crippen molar-refractivity contribution in [3.05, 3.63) is 42.0 Å². The number of amides is 1. The standard InChI is InChI=1S/C20H31NO2Si/c1-14(2)24(15(3)4,16(5)6)23-19-18(21-20(19)22)13-12-17-10-8-7-9-11-17/h7-16,18-19H,1-6H3,(H,21,22)/t18?,19-/m0/s1. The molecule has 1 aliphatic heterocycles. The van der Waals surface area contributed by atoms with Crippen LogP contribution >= 0.6 is 0 Å². The van der Waals surface area contributed by atoms with Crippen molar-refractivity contribution in [2.24, 2.45) is 0 Å². The van der Waals surface area contributed by atoms with Gasteiger partial charge in [-0.2, -0.15) is 0 Å². The van der Waals surface area contributed by atoms with E-state index in [-0.39, 0.29) is 18.1 Å². The topological polar surface area (TPSA) is 38.3 Å². The van der Waals surface area contributed by atoms with E-state index in [1.807, 2.05) is 18.2 Å². The van der Waals surface area contributed by atoms with Crippen LogP contribution < -0.4 is 5.32 Å². The summed E-state index contributed by atoms with van der Waals surface area (Å²) in [6, 6.07) is 10.1. The monoisotopic (exact) mass is 345 g/mol. The lowest BCUT2D eigenvalue weighted by molar-refractivity contribution is -0.139. The van der Waals surface area contributed by atoms with Crippen molar-refractivity contribution >= 4 is 20.3 Å². The zero-order valence-corrected chi connectivity index (χ0v) is 16.7. The highest BCUT2D eigenvalue weighted by atomic mass is 28.4. The van der Waals surface area contributed by atoms with Crippen molar-refractivity contribution in [3.63, 3.8) is 0 Å². The molecule has 1 saturated heterocycles. The summed E-state index contributed by atoms with van der Waals surface area (Å²) in [4.78, 5) is 12.2. The zero-order valence-electron chi connectivity index (χ0n) is 15.7. The number of hydrogen-bond acceptors (Lipinski definition) is 2. The van der Waals surface area contributed by atoms with Gasteiger partial charge in [0.2, 0.25) is 8.32 Å². The second-order valence-electron chi connectivity index (χ2n) is 7.66. The molecule has 0 spiro atoms. The molecule has 1 heterocycles. The summed E-state index contributed by atoms with van der Waals surface area (Å²) >= 11 is 0. The van der Waals surface area contributed by atoms with Crippen LogP contribution in [0.2, 0.25) is 16.6 Å². The molecular formula is C20H31NO2Si. The number of hydrogen-bond donors (Lipinski definition) is 1. The van der Waals surface area contributed by atoms with Crippen LogP contribution in [0.4, 0.5) is 0 Å². The van der Waals surface area contributed by atoms with Gasteiger partial charge in [-0.25, -0.2) is 0 Å². The van der Waals surface area contributed by atoms with Crippen molar-refractivity contribution in [1.82, 2.24) is 5.32 Å². The van der Waals surface area contributed by atoms with Gasteiger partial charge in [-0.05, 0) is 22.2 Å². The van der Waals surface area contributed by atoms with E-state index in [2.05, 4.69) is 71.1 Å². The first-order valence-electron chi connectivity index (χ1n) is 9.00. The first-order chi connectivity index (χ1) is 11.3. The van der Waals surface area contributed by atoms with E-state index >= 15 is 0 Å². The van der Waals surface area contributed by atoms with E-state index in [1.54, 1.807) is 0 Å². The third-order valence-corrected chi connectivity index (χ3v) is 11.3. The van der Waals surface area contributed by atoms with E-state index in [4.69, 9.17) is 4.43 Å². The predicted octanol–water partition coefficient (Wildman–Crippen LogP) is 4.76. The van der Waals surface area contributed by atoms with Crippen LogP contribution in [-0.4, -0.2) is 26.4 Å². The molecule has 2 atom stereocenters. The van der Waals surface area contributed by atoms with Crippen molar-refractivity contribution in [2.45, 2.75) is 70.3 Å². The summed E-state index contributed by atoms with van der Waals surface area (Å²) in [5, 5.41) is 2.97. The number of carbonyl (C=O) groups excluding carboxylic acids is 1. The average Bonchev–Trinajstić information content (AvgIpc) is 2.51.